The van der Waals surface area contributed by atoms with Crippen molar-refractivity contribution in [1.29, 1.82) is 10.5 Å². The van der Waals surface area contributed by atoms with Gasteiger partial charge in [-0.3, -0.25) is 4.90 Å². The van der Waals surface area contributed by atoms with E-state index in [0.29, 0.717) is 6.54 Å². The Balaban J connectivity index is 2.15. The lowest BCUT2D eigenvalue weighted by molar-refractivity contribution is 0.335. The van der Waals surface area contributed by atoms with Gasteiger partial charge in [0.05, 0.1) is 25.2 Å². The normalized spacial score (nSPS) is 12.6. The van der Waals surface area contributed by atoms with Crippen LogP contribution in [0.4, 0.5) is 5.69 Å². The third-order valence-electron chi connectivity index (χ3n) is 2.92. The van der Waals surface area contributed by atoms with Crippen molar-refractivity contribution in [3.63, 3.8) is 0 Å². The van der Waals surface area contributed by atoms with Crippen molar-refractivity contribution in [2.45, 2.75) is 13.0 Å². The van der Waals surface area contributed by atoms with Gasteiger partial charge in [0.15, 0.2) is 0 Å². The fourth-order valence-corrected chi connectivity index (χ4v) is 2.15. The molecule has 0 radical (unpaired) electrons. The molecule has 1 N–H and O–H groups in total. The Morgan fingerprint density at radius 2 is 2.00 bits per heavy atom. The molecular weight excluding hydrogens is 212 g/mol. The van der Waals surface area contributed by atoms with Crippen molar-refractivity contribution in [2.24, 2.45) is 0 Å². The van der Waals surface area contributed by atoms with Gasteiger partial charge in [0, 0.05) is 18.8 Å². The minimum Gasteiger partial charge on any atom is -0.384 e. The van der Waals surface area contributed by atoms with Crippen LogP contribution in [0.5, 0.6) is 0 Å². The SMILES string of the molecule is N#CCN(CC#N)Cc1cccc2c1NCC2. The molecule has 4 heteroatoms. The Morgan fingerprint density at radius 1 is 1.24 bits per heavy atom. The van der Waals surface area contributed by atoms with Gasteiger partial charge in [-0.15, -0.1) is 0 Å². The number of benzene rings is 1. The molecule has 0 bridgehead atoms. The van der Waals surface area contributed by atoms with Crippen LogP contribution in [0.1, 0.15) is 11.1 Å². The summed E-state index contributed by atoms with van der Waals surface area (Å²) in [6.45, 7) is 2.20. The Labute approximate surface area is 101 Å². The highest BCUT2D eigenvalue weighted by atomic mass is 15.1. The fourth-order valence-electron chi connectivity index (χ4n) is 2.15. The van der Waals surface area contributed by atoms with Gasteiger partial charge in [0.25, 0.3) is 0 Å². The average molecular weight is 226 g/mol. The molecule has 0 atom stereocenters. The van der Waals surface area contributed by atoms with Crippen LogP contribution in [0, 0.1) is 22.7 Å². The summed E-state index contributed by atoms with van der Waals surface area (Å²) in [6, 6.07) is 10.4. The summed E-state index contributed by atoms with van der Waals surface area (Å²) in [6.07, 6.45) is 1.06. The van der Waals surface area contributed by atoms with Crippen LogP contribution < -0.4 is 5.32 Å². The molecule has 1 aliphatic rings. The molecule has 0 unspecified atom stereocenters. The molecule has 0 saturated carbocycles. The van der Waals surface area contributed by atoms with Crippen molar-refractivity contribution < 1.29 is 0 Å². The lowest BCUT2D eigenvalue weighted by Gasteiger charge is -2.17. The molecule has 1 aliphatic heterocycles. The Bertz CT molecular complexity index is 465. The first-order valence-corrected chi connectivity index (χ1v) is 5.66. The smallest absolute Gasteiger partial charge is 0.0877 e. The summed E-state index contributed by atoms with van der Waals surface area (Å²) in [4.78, 5) is 1.84. The number of rotatable bonds is 4. The van der Waals surface area contributed by atoms with Crippen molar-refractivity contribution in [1.82, 2.24) is 4.90 Å². The predicted molar refractivity (Wildman–Crippen MR) is 65.1 cm³/mol. The van der Waals surface area contributed by atoms with Gasteiger partial charge >= 0.3 is 0 Å². The van der Waals surface area contributed by atoms with E-state index in [1.165, 1.54) is 16.8 Å². The number of nitriles is 2. The highest BCUT2D eigenvalue weighted by Crippen LogP contribution is 2.27. The molecular formula is C13H14N4. The summed E-state index contributed by atoms with van der Waals surface area (Å²) < 4.78 is 0. The van der Waals surface area contributed by atoms with Gasteiger partial charge in [-0.1, -0.05) is 18.2 Å². The van der Waals surface area contributed by atoms with Gasteiger partial charge in [0.2, 0.25) is 0 Å². The summed E-state index contributed by atoms with van der Waals surface area (Å²) >= 11 is 0. The molecule has 1 aromatic rings. The second kappa shape index (κ2) is 5.34. The maximum absolute atomic E-state index is 8.72. The van der Waals surface area contributed by atoms with Crippen LogP contribution in [-0.2, 0) is 13.0 Å². The Kier molecular flexibility index (Phi) is 3.59. The first-order chi connectivity index (χ1) is 8.35. The third kappa shape index (κ3) is 2.55. The zero-order valence-electron chi connectivity index (χ0n) is 9.61. The fraction of sp³-hybridized carbons (Fsp3) is 0.385. The monoisotopic (exact) mass is 226 g/mol. The van der Waals surface area contributed by atoms with Crippen molar-refractivity contribution >= 4 is 5.69 Å². The van der Waals surface area contributed by atoms with Gasteiger partial charge in [0.1, 0.15) is 0 Å². The van der Waals surface area contributed by atoms with Crippen LogP contribution >= 0.6 is 0 Å². The molecule has 86 valence electrons. The first-order valence-electron chi connectivity index (χ1n) is 5.66. The predicted octanol–water partition coefficient (Wildman–Crippen LogP) is 1.50. The molecule has 0 fully saturated rings. The number of anilines is 1. The number of nitrogens with zero attached hydrogens (tertiary/aromatic N) is 3. The van der Waals surface area contributed by atoms with Gasteiger partial charge in [-0.25, -0.2) is 0 Å². The number of hydrogen-bond donors (Lipinski definition) is 1. The number of hydrogen-bond acceptors (Lipinski definition) is 4. The number of nitrogens with one attached hydrogen (secondary N) is 1. The standard InChI is InChI=1S/C13H14N4/c14-5-8-17(9-6-15)10-12-3-1-2-11-4-7-16-13(11)12/h1-3,16H,4,7-10H2. The van der Waals surface area contributed by atoms with Crippen molar-refractivity contribution in [3.8, 4) is 12.1 Å². The second-order valence-corrected chi connectivity index (χ2v) is 4.09. The summed E-state index contributed by atoms with van der Waals surface area (Å²) in [7, 11) is 0. The number of para-hydroxylation sites is 1. The average Bonchev–Trinajstić information content (AvgIpc) is 2.79. The lowest BCUT2D eigenvalue weighted by Crippen LogP contribution is -2.24. The van der Waals surface area contributed by atoms with E-state index in [2.05, 4.69) is 29.6 Å². The molecule has 4 nitrogen and oxygen atoms in total. The number of fused-ring (bicyclic) bond motifs is 1. The maximum Gasteiger partial charge on any atom is 0.0877 e. The highest BCUT2D eigenvalue weighted by Gasteiger charge is 2.15. The molecule has 17 heavy (non-hydrogen) atoms. The van der Waals surface area contributed by atoms with E-state index in [0.717, 1.165) is 13.0 Å². The molecule has 2 rings (SSSR count). The summed E-state index contributed by atoms with van der Waals surface area (Å²) in [5.74, 6) is 0. The summed E-state index contributed by atoms with van der Waals surface area (Å²) in [5, 5.41) is 20.8. The molecule has 0 spiro atoms. The zero-order chi connectivity index (χ0) is 12.1. The second-order valence-electron chi connectivity index (χ2n) is 4.09. The minimum absolute atomic E-state index is 0.289. The van der Waals surface area contributed by atoms with Crippen LogP contribution in [-0.4, -0.2) is 24.5 Å². The lowest BCUT2D eigenvalue weighted by atomic mass is 10.1. The van der Waals surface area contributed by atoms with Crippen LogP contribution in [0.3, 0.4) is 0 Å². The largest absolute Gasteiger partial charge is 0.384 e. The third-order valence-corrected chi connectivity index (χ3v) is 2.92. The molecule has 1 heterocycles. The molecule has 1 aromatic carbocycles. The summed E-state index contributed by atoms with van der Waals surface area (Å²) in [5.41, 5.74) is 3.69. The molecule has 0 aromatic heterocycles. The maximum atomic E-state index is 8.72. The van der Waals surface area contributed by atoms with Gasteiger partial charge in [-0.05, 0) is 17.5 Å². The van der Waals surface area contributed by atoms with E-state index in [4.69, 9.17) is 10.5 Å². The first kappa shape index (κ1) is 11.4. The van der Waals surface area contributed by atoms with Crippen LogP contribution in [0.2, 0.25) is 0 Å². The molecule has 0 amide bonds. The van der Waals surface area contributed by atoms with Crippen molar-refractivity contribution in [3.05, 3.63) is 29.3 Å². The zero-order valence-corrected chi connectivity index (χ0v) is 9.61. The van der Waals surface area contributed by atoms with E-state index in [1.54, 1.807) is 0 Å². The molecule has 0 aliphatic carbocycles. The quantitative estimate of drug-likeness (QED) is 0.790. The van der Waals surface area contributed by atoms with Gasteiger partial charge < -0.3 is 5.32 Å². The van der Waals surface area contributed by atoms with E-state index in [9.17, 15) is 0 Å². The van der Waals surface area contributed by atoms with Gasteiger partial charge in [-0.2, -0.15) is 10.5 Å². The van der Waals surface area contributed by atoms with E-state index >= 15 is 0 Å². The van der Waals surface area contributed by atoms with Crippen molar-refractivity contribution in [2.75, 3.05) is 25.0 Å². The van der Waals surface area contributed by atoms with Crippen LogP contribution in [0.25, 0.3) is 0 Å². The minimum atomic E-state index is 0.289. The highest BCUT2D eigenvalue weighted by molar-refractivity contribution is 5.61. The van der Waals surface area contributed by atoms with E-state index in [-0.39, 0.29) is 13.1 Å². The Hall–Kier alpha value is -2.04. The van der Waals surface area contributed by atoms with E-state index < -0.39 is 0 Å². The van der Waals surface area contributed by atoms with E-state index in [1.807, 2.05) is 11.0 Å². The molecule has 0 saturated heterocycles. The Morgan fingerprint density at radius 3 is 2.71 bits per heavy atom. The topological polar surface area (TPSA) is 62.9 Å². The van der Waals surface area contributed by atoms with Crippen LogP contribution in [0.15, 0.2) is 18.2 Å².